The quantitative estimate of drug-likeness (QED) is 0.508. The first-order valence-corrected chi connectivity index (χ1v) is 7.94. The van der Waals surface area contributed by atoms with E-state index in [9.17, 15) is 13.5 Å². The fourth-order valence-electron chi connectivity index (χ4n) is 2.20. The van der Waals surface area contributed by atoms with Gasteiger partial charge in [-0.15, -0.1) is 0 Å². The van der Waals surface area contributed by atoms with Crippen LogP contribution in [0.1, 0.15) is 0 Å². The molecular formula is C16H13NO4S. The minimum atomic E-state index is -4.21. The zero-order valence-corrected chi connectivity index (χ0v) is 12.2. The number of phenolic OH excluding ortho intramolecular Hbond substituents is 1. The zero-order valence-electron chi connectivity index (χ0n) is 11.4. The Labute approximate surface area is 127 Å². The molecule has 0 aliphatic heterocycles. The molecule has 0 aliphatic carbocycles. The summed E-state index contributed by atoms with van der Waals surface area (Å²) in [4.78, 5) is -0.138. The smallest absolute Gasteiger partial charge is 0.294 e. The van der Waals surface area contributed by atoms with E-state index < -0.39 is 10.1 Å². The number of benzene rings is 3. The van der Waals surface area contributed by atoms with Gasteiger partial charge in [0, 0.05) is 5.69 Å². The van der Waals surface area contributed by atoms with Gasteiger partial charge in [0.2, 0.25) is 0 Å². The average molecular weight is 315 g/mol. The number of hydrogen-bond acceptors (Lipinski definition) is 4. The third-order valence-corrected chi connectivity index (χ3v) is 4.14. The molecule has 6 heteroatoms. The van der Waals surface area contributed by atoms with Crippen molar-refractivity contribution in [2.75, 3.05) is 5.32 Å². The molecule has 0 bridgehead atoms. The van der Waals surface area contributed by atoms with Crippen molar-refractivity contribution < 1.29 is 18.1 Å². The lowest BCUT2D eigenvalue weighted by atomic mass is 10.1. The lowest BCUT2D eigenvalue weighted by Gasteiger charge is -2.09. The lowest BCUT2D eigenvalue weighted by Crippen LogP contribution is -1.97. The summed E-state index contributed by atoms with van der Waals surface area (Å²) in [5.74, 6) is 0.143. The Bertz CT molecular complexity index is 951. The van der Waals surface area contributed by atoms with Crippen LogP contribution >= 0.6 is 0 Å². The molecule has 0 aliphatic rings. The first-order valence-electron chi connectivity index (χ1n) is 6.50. The maximum absolute atomic E-state index is 11.1. The highest BCUT2D eigenvalue weighted by Gasteiger charge is 2.10. The number of fused-ring (bicyclic) bond motifs is 1. The van der Waals surface area contributed by atoms with Crippen molar-refractivity contribution in [3.63, 3.8) is 0 Å². The molecular weight excluding hydrogens is 302 g/mol. The number of phenols is 1. The van der Waals surface area contributed by atoms with E-state index in [1.54, 1.807) is 36.4 Å². The van der Waals surface area contributed by atoms with Crippen molar-refractivity contribution in [2.45, 2.75) is 4.90 Å². The van der Waals surface area contributed by atoms with Crippen molar-refractivity contribution in [1.29, 1.82) is 0 Å². The van der Waals surface area contributed by atoms with E-state index in [1.807, 2.05) is 12.1 Å². The van der Waals surface area contributed by atoms with Gasteiger partial charge in [-0.1, -0.05) is 24.3 Å². The van der Waals surface area contributed by atoms with Crippen LogP contribution < -0.4 is 5.32 Å². The first-order chi connectivity index (χ1) is 10.4. The maximum atomic E-state index is 11.1. The third kappa shape index (κ3) is 2.88. The van der Waals surface area contributed by atoms with Gasteiger partial charge in [-0.3, -0.25) is 4.55 Å². The number of anilines is 2. The van der Waals surface area contributed by atoms with E-state index in [2.05, 4.69) is 5.32 Å². The van der Waals surface area contributed by atoms with Crippen LogP contribution in [0.4, 0.5) is 11.4 Å². The van der Waals surface area contributed by atoms with Gasteiger partial charge in [0.25, 0.3) is 10.1 Å². The van der Waals surface area contributed by atoms with Crippen LogP contribution in [-0.4, -0.2) is 18.1 Å². The molecule has 3 aromatic carbocycles. The number of hydrogen-bond donors (Lipinski definition) is 3. The van der Waals surface area contributed by atoms with E-state index in [0.717, 1.165) is 11.1 Å². The summed E-state index contributed by atoms with van der Waals surface area (Å²) in [6, 6.07) is 16.6. The monoisotopic (exact) mass is 315 g/mol. The summed E-state index contributed by atoms with van der Waals surface area (Å²) in [6.45, 7) is 0. The molecule has 0 fully saturated rings. The van der Waals surface area contributed by atoms with Crippen LogP contribution in [0.2, 0.25) is 0 Å². The molecule has 3 N–H and O–H groups in total. The number of rotatable bonds is 3. The minimum absolute atomic E-state index is 0.138. The van der Waals surface area contributed by atoms with Gasteiger partial charge in [-0.25, -0.2) is 0 Å². The molecule has 0 saturated carbocycles. The Morgan fingerprint density at radius 2 is 1.55 bits per heavy atom. The predicted octanol–water partition coefficient (Wildman–Crippen LogP) is 3.54. The number of nitrogens with one attached hydrogen (secondary N) is 1. The van der Waals surface area contributed by atoms with Crippen LogP contribution in [0.15, 0.2) is 65.6 Å². The second-order valence-electron chi connectivity index (χ2n) is 4.84. The van der Waals surface area contributed by atoms with Crippen LogP contribution in [0, 0.1) is 0 Å². The minimum Gasteiger partial charge on any atom is -0.506 e. The van der Waals surface area contributed by atoms with Crippen LogP contribution in [-0.2, 0) is 10.1 Å². The largest absolute Gasteiger partial charge is 0.506 e. The molecule has 0 radical (unpaired) electrons. The molecule has 0 saturated heterocycles. The molecule has 112 valence electrons. The number of aromatic hydroxyl groups is 1. The van der Waals surface area contributed by atoms with Crippen LogP contribution in [0.5, 0.6) is 5.75 Å². The highest BCUT2D eigenvalue weighted by molar-refractivity contribution is 7.85. The molecule has 3 rings (SSSR count). The van der Waals surface area contributed by atoms with E-state index in [1.165, 1.54) is 12.1 Å². The molecule has 0 spiro atoms. The molecule has 22 heavy (non-hydrogen) atoms. The summed E-state index contributed by atoms with van der Waals surface area (Å²) in [6.07, 6.45) is 0. The Morgan fingerprint density at radius 1 is 0.864 bits per heavy atom. The molecule has 0 atom stereocenters. The van der Waals surface area contributed by atoms with E-state index in [-0.39, 0.29) is 10.6 Å². The van der Waals surface area contributed by atoms with Gasteiger partial charge < -0.3 is 10.4 Å². The Morgan fingerprint density at radius 3 is 2.27 bits per heavy atom. The highest BCUT2D eigenvalue weighted by Crippen LogP contribution is 2.28. The molecule has 0 unspecified atom stereocenters. The molecule has 5 nitrogen and oxygen atoms in total. The summed E-state index contributed by atoms with van der Waals surface area (Å²) in [5.41, 5.74) is 1.34. The molecule has 0 heterocycles. The fourth-order valence-corrected chi connectivity index (χ4v) is 2.71. The van der Waals surface area contributed by atoms with Crippen molar-refractivity contribution >= 4 is 32.3 Å². The predicted molar refractivity (Wildman–Crippen MR) is 85.2 cm³/mol. The van der Waals surface area contributed by atoms with E-state index in [4.69, 9.17) is 4.55 Å². The second-order valence-corrected chi connectivity index (χ2v) is 6.26. The van der Waals surface area contributed by atoms with Gasteiger partial charge >= 0.3 is 0 Å². The van der Waals surface area contributed by atoms with Gasteiger partial charge in [0.15, 0.2) is 0 Å². The van der Waals surface area contributed by atoms with Crippen molar-refractivity contribution in [1.82, 2.24) is 0 Å². The van der Waals surface area contributed by atoms with Crippen molar-refractivity contribution in [3.05, 3.63) is 60.7 Å². The zero-order chi connectivity index (χ0) is 15.7. The molecule has 0 amide bonds. The van der Waals surface area contributed by atoms with E-state index >= 15 is 0 Å². The van der Waals surface area contributed by atoms with Crippen LogP contribution in [0.25, 0.3) is 10.8 Å². The molecule has 0 aromatic heterocycles. The van der Waals surface area contributed by atoms with Gasteiger partial charge in [-0.2, -0.15) is 8.42 Å². The topological polar surface area (TPSA) is 86.6 Å². The summed E-state index contributed by atoms with van der Waals surface area (Å²) in [5, 5.41) is 14.4. The van der Waals surface area contributed by atoms with Gasteiger partial charge in [0.05, 0.1) is 10.6 Å². The van der Waals surface area contributed by atoms with Crippen molar-refractivity contribution in [2.24, 2.45) is 0 Å². The first kappa shape index (κ1) is 14.4. The van der Waals surface area contributed by atoms with Gasteiger partial charge in [0.1, 0.15) is 5.75 Å². The fraction of sp³-hybridized carbons (Fsp3) is 0. The maximum Gasteiger partial charge on any atom is 0.294 e. The van der Waals surface area contributed by atoms with Crippen LogP contribution in [0.3, 0.4) is 0 Å². The standard InChI is InChI=1S/C16H13NO4S/c18-16-4-2-1-3-15(16)17-13-7-5-12-10-14(22(19,20)21)8-6-11(12)9-13/h1-10,17-18H,(H,19,20,21). The summed E-state index contributed by atoms with van der Waals surface area (Å²) < 4.78 is 31.3. The van der Waals surface area contributed by atoms with Gasteiger partial charge in [-0.05, 0) is 47.2 Å². The third-order valence-electron chi connectivity index (χ3n) is 3.29. The molecule has 3 aromatic rings. The normalized spacial score (nSPS) is 11.5. The Balaban J connectivity index is 1.99. The second kappa shape index (κ2) is 5.32. The van der Waals surface area contributed by atoms with Crippen molar-refractivity contribution in [3.8, 4) is 5.75 Å². The number of para-hydroxylation sites is 2. The summed E-state index contributed by atoms with van der Waals surface area (Å²) >= 11 is 0. The Kier molecular flexibility index (Phi) is 3.48. The highest BCUT2D eigenvalue weighted by atomic mass is 32.2. The van der Waals surface area contributed by atoms with E-state index in [0.29, 0.717) is 11.1 Å². The SMILES string of the molecule is O=S(=O)(O)c1ccc2cc(Nc3ccccc3O)ccc2c1. The Hall–Kier alpha value is -2.57. The average Bonchev–Trinajstić information content (AvgIpc) is 2.48. The lowest BCUT2D eigenvalue weighted by molar-refractivity contribution is 0.477. The summed E-state index contributed by atoms with van der Waals surface area (Å²) in [7, 11) is -4.21.